The highest BCUT2D eigenvalue weighted by atomic mass is 15.0. The van der Waals surface area contributed by atoms with Crippen LogP contribution in [0.1, 0.15) is 5.56 Å². The summed E-state index contributed by atoms with van der Waals surface area (Å²) in [6, 6.07) is 49.5. The molecule has 38 heavy (non-hydrogen) atoms. The van der Waals surface area contributed by atoms with Gasteiger partial charge in [0.25, 0.3) is 0 Å². The number of benzene rings is 5. The average Bonchev–Trinajstić information content (AvgIpc) is 3.32. The highest BCUT2D eigenvalue weighted by Crippen LogP contribution is 2.35. The minimum absolute atomic E-state index is 0.981. The van der Waals surface area contributed by atoms with Gasteiger partial charge < -0.3 is 4.57 Å². The van der Waals surface area contributed by atoms with Crippen LogP contribution in [-0.2, 0) is 0 Å². The quantitative estimate of drug-likeness (QED) is 0.242. The van der Waals surface area contributed by atoms with Crippen molar-refractivity contribution < 1.29 is 0 Å². The van der Waals surface area contributed by atoms with E-state index in [1.54, 1.807) is 0 Å². The molecule has 0 radical (unpaired) electrons. The summed E-state index contributed by atoms with van der Waals surface area (Å²) < 4.78 is 2.35. The van der Waals surface area contributed by atoms with E-state index in [1.165, 1.54) is 27.4 Å². The monoisotopic (exact) mass is 486 g/mol. The molecule has 7 rings (SSSR count). The lowest BCUT2D eigenvalue weighted by atomic mass is 9.97. The molecule has 0 atom stereocenters. The molecule has 0 amide bonds. The fraction of sp³-hybridized carbons (Fsp3) is 0.0278. The zero-order valence-electron chi connectivity index (χ0n) is 21.2. The molecule has 5 aromatic carbocycles. The summed E-state index contributed by atoms with van der Waals surface area (Å²) >= 11 is 0. The molecule has 2 heterocycles. The number of hydrogen-bond donors (Lipinski definition) is 0. The standard InChI is InChI=1S/C36H26N2/c1-25-15-17-27(18-16-25)33-24-23-30(36(37-33)28-9-3-2-4-10-28)26-19-21-29(22-20-26)38-34-13-7-5-11-31(34)32-12-6-8-14-35(32)38/h2-24H,1H3. The lowest BCUT2D eigenvalue weighted by molar-refractivity contribution is 1.18. The number of nitrogens with zero attached hydrogens (tertiary/aromatic N) is 2. The van der Waals surface area contributed by atoms with E-state index >= 15 is 0 Å². The van der Waals surface area contributed by atoms with Gasteiger partial charge in [-0.2, -0.15) is 0 Å². The molecule has 0 bridgehead atoms. The Kier molecular flexibility index (Phi) is 5.37. The summed E-state index contributed by atoms with van der Waals surface area (Å²) in [7, 11) is 0. The van der Waals surface area contributed by atoms with E-state index in [1.807, 2.05) is 6.07 Å². The van der Waals surface area contributed by atoms with Gasteiger partial charge in [0, 0.05) is 33.2 Å². The molecule has 0 aliphatic rings. The van der Waals surface area contributed by atoms with E-state index in [0.29, 0.717) is 0 Å². The van der Waals surface area contributed by atoms with Crippen LogP contribution in [0.25, 0.3) is 61.1 Å². The van der Waals surface area contributed by atoms with Gasteiger partial charge in [-0.3, -0.25) is 0 Å². The normalized spacial score (nSPS) is 11.3. The summed E-state index contributed by atoms with van der Waals surface area (Å²) in [5.74, 6) is 0. The minimum Gasteiger partial charge on any atom is -0.309 e. The predicted octanol–water partition coefficient (Wildman–Crippen LogP) is 9.49. The van der Waals surface area contributed by atoms with Crippen molar-refractivity contribution in [3.05, 3.63) is 145 Å². The lowest BCUT2D eigenvalue weighted by Gasteiger charge is -2.14. The second-order valence-corrected chi connectivity index (χ2v) is 9.74. The molecule has 0 saturated heterocycles. The molecule has 0 saturated carbocycles. The van der Waals surface area contributed by atoms with Crippen LogP contribution in [0.5, 0.6) is 0 Å². The molecular weight excluding hydrogens is 460 g/mol. The zero-order chi connectivity index (χ0) is 25.5. The van der Waals surface area contributed by atoms with Crippen LogP contribution in [0, 0.1) is 6.92 Å². The van der Waals surface area contributed by atoms with E-state index in [0.717, 1.165) is 39.3 Å². The zero-order valence-corrected chi connectivity index (χ0v) is 21.2. The molecule has 0 aliphatic heterocycles. The average molecular weight is 487 g/mol. The summed E-state index contributed by atoms with van der Waals surface area (Å²) in [6.45, 7) is 2.11. The fourth-order valence-electron chi connectivity index (χ4n) is 5.38. The Morgan fingerprint density at radius 3 is 1.71 bits per heavy atom. The highest BCUT2D eigenvalue weighted by molar-refractivity contribution is 6.09. The largest absolute Gasteiger partial charge is 0.309 e. The third kappa shape index (κ3) is 3.79. The topological polar surface area (TPSA) is 17.8 Å². The second-order valence-electron chi connectivity index (χ2n) is 9.74. The molecule has 180 valence electrons. The molecule has 2 aromatic heterocycles. The predicted molar refractivity (Wildman–Crippen MR) is 160 cm³/mol. The van der Waals surface area contributed by atoms with Gasteiger partial charge in [-0.25, -0.2) is 4.98 Å². The third-order valence-corrected chi connectivity index (χ3v) is 7.31. The van der Waals surface area contributed by atoms with Crippen molar-refractivity contribution in [1.82, 2.24) is 9.55 Å². The molecule has 0 fully saturated rings. The fourth-order valence-corrected chi connectivity index (χ4v) is 5.38. The number of aryl methyl sites for hydroxylation is 1. The summed E-state index contributed by atoms with van der Waals surface area (Å²) in [4.78, 5) is 5.17. The molecule has 2 heteroatoms. The Morgan fingerprint density at radius 1 is 0.474 bits per heavy atom. The first-order valence-electron chi connectivity index (χ1n) is 13.0. The van der Waals surface area contributed by atoms with Crippen molar-refractivity contribution in [3.8, 4) is 39.3 Å². The van der Waals surface area contributed by atoms with Gasteiger partial charge >= 0.3 is 0 Å². The van der Waals surface area contributed by atoms with Gasteiger partial charge in [0.1, 0.15) is 0 Å². The van der Waals surface area contributed by atoms with E-state index in [-0.39, 0.29) is 0 Å². The number of aromatic nitrogens is 2. The molecular formula is C36H26N2. The van der Waals surface area contributed by atoms with Gasteiger partial charge in [0.05, 0.1) is 22.4 Å². The summed E-state index contributed by atoms with van der Waals surface area (Å²) in [5.41, 5.74) is 11.3. The molecule has 0 unspecified atom stereocenters. The molecule has 2 nitrogen and oxygen atoms in total. The molecule has 0 spiro atoms. The van der Waals surface area contributed by atoms with Crippen LogP contribution >= 0.6 is 0 Å². The van der Waals surface area contributed by atoms with Gasteiger partial charge in [-0.15, -0.1) is 0 Å². The van der Waals surface area contributed by atoms with E-state index in [2.05, 4.69) is 145 Å². The maximum Gasteiger partial charge on any atom is 0.0787 e. The number of pyridine rings is 1. The number of hydrogen-bond acceptors (Lipinski definition) is 1. The highest BCUT2D eigenvalue weighted by Gasteiger charge is 2.14. The minimum atomic E-state index is 0.981. The Bertz CT molecular complexity index is 1840. The van der Waals surface area contributed by atoms with Crippen LogP contribution in [0.4, 0.5) is 0 Å². The summed E-state index contributed by atoms with van der Waals surface area (Å²) in [6.07, 6.45) is 0. The van der Waals surface area contributed by atoms with Crippen molar-refractivity contribution in [2.75, 3.05) is 0 Å². The SMILES string of the molecule is Cc1ccc(-c2ccc(-c3ccc(-n4c5ccccc5c5ccccc54)cc3)c(-c3ccccc3)n2)cc1. The number of para-hydroxylation sites is 2. The first-order chi connectivity index (χ1) is 18.8. The van der Waals surface area contributed by atoms with Gasteiger partial charge in [0.15, 0.2) is 0 Å². The van der Waals surface area contributed by atoms with Crippen LogP contribution in [0.2, 0.25) is 0 Å². The molecule has 0 N–H and O–H groups in total. The van der Waals surface area contributed by atoms with Gasteiger partial charge in [-0.05, 0) is 42.8 Å². The van der Waals surface area contributed by atoms with Crippen LogP contribution in [0.15, 0.2) is 140 Å². The van der Waals surface area contributed by atoms with E-state index in [9.17, 15) is 0 Å². The Balaban J connectivity index is 1.36. The number of rotatable bonds is 4. The van der Waals surface area contributed by atoms with Crippen molar-refractivity contribution in [3.63, 3.8) is 0 Å². The van der Waals surface area contributed by atoms with Crippen LogP contribution in [-0.4, -0.2) is 9.55 Å². The van der Waals surface area contributed by atoms with Crippen LogP contribution in [0.3, 0.4) is 0 Å². The van der Waals surface area contributed by atoms with E-state index < -0.39 is 0 Å². The Hall–Kier alpha value is -4.95. The molecule has 0 aliphatic carbocycles. The second kappa shape index (κ2) is 9.17. The van der Waals surface area contributed by atoms with Crippen molar-refractivity contribution >= 4 is 21.8 Å². The Labute approximate surface area is 222 Å². The van der Waals surface area contributed by atoms with Crippen molar-refractivity contribution in [2.24, 2.45) is 0 Å². The number of fused-ring (bicyclic) bond motifs is 3. The third-order valence-electron chi connectivity index (χ3n) is 7.31. The van der Waals surface area contributed by atoms with Crippen LogP contribution < -0.4 is 0 Å². The maximum atomic E-state index is 5.17. The van der Waals surface area contributed by atoms with E-state index in [4.69, 9.17) is 4.98 Å². The van der Waals surface area contributed by atoms with Gasteiger partial charge in [0.2, 0.25) is 0 Å². The van der Waals surface area contributed by atoms with Crippen molar-refractivity contribution in [1.29, 1.82) is 0 Å². The lowest BCUT2D eigenvalue weighted by Crippen LogP contribution is -1.95. The Morgan fingerprint density at radius 2 is 1.05 bits per heavy atom. The van der Waals surface area contributed by atoms with Gasteiger partial charge in [-0.1, -0.05) is 115 Å². The first kappa shape index (κ1) is 22.3. The molecule has 7 aromatic rings. The maximum absolute atomic E-state index is 5.17. The van der Waals surface area contributed by atoms with Crippen molar-refractivity contribution in [2.45, 2.75) is 6.92 Å². The summed E-state index contributed by atoms with van der Waals surface area (Å²) in [5, 5.41) is 2.55. The first-order valence-corrected chi connectivity index (χ1v) is 13.0. The smallest absolute Gasteiger partial charge is 0.0787 e.